The van der Waals surface area contributed by atoms with Crippen molar-refractivity contribution in [1.29, 1.82) is 0 Å². The van der Waals surface area contributed by atoms with Gasteiger partial charge in [-0.1, -0.05) is 12.1 Å². The molecule has 2 saturated heterocycles. The van der Waals surface area contributed by atoms with Gasteiger partial charge in [-0.3, -0.25) is 4.90 Å². The van der Waals surface area contributed by atoms with Crippen molar-refractivity contribution in [3.05, 3.63) is 29.8 Å². The number of alkyl halides is 1. The Bertz CT molecular complexity index is 617. The van der Waals surface area contributed by atoms with E-state index in [2.05, 4.69) is 36.2 Å². The van der Waals surface area contributed by atoms with Gasteiger partial charge in [-0.05, 0) is 70.1 Å². The number of halogens is 1. The molecule has 1 aromatic rings. The fraction of sp³-hybridized carbons (Fsp3) is 0.714. The van der Waals surface area contributed by atoms with Crippen LogP contribution in [0.3, 0.4) is 0 Å². The summed E-state index contributed by atoms with van der Waals surface area (Å²) in [5.74, 6) is 0.872. The minimum atomic E-state index is -0.806. The van der Waals surface area contributed by atoms with Crippen LogP contribution in [0.25, 0.3) is 0 Å². The lowest BCUT2D eigenvalue weighted by molar-refractivity contribution is -0.143. The summed E-state index contributed by atoms with van der Waals surface area (Å²) in [7, 11) is 1.69. The molecule has 3 aliphatic rings. The average molecular weight is 346 g/mol. The minimum Gasteiger partial charge on any atom is -0.497 e. The normalized spacial score (nSPS) is 38.6. The molecule has 1 N–H and O–H groups in total. The molecule has 0 radical (unpaired) electrons. The molecule has 0 unspecified atom stereocenters. The molecule has 2 aliphatic heterocycles. The molecule has 2 bridgehead atoms. The van der Waals surface area contributed by atoms with E-state index in [1.807, 2.05) is 12.1 Å². The van der Waals surface area contributed by atoms with Crippen molar-refractivity contribution in [2.24, 2.45) is 0 Å². The Kier molecular flexibility index (Phi) is 4.32. The Labute approximate surface area is 150 Å². The van der Waals surface area contributed by atoms with Crippen LogP contribution in [-0.4, -0.2) is 41.3 Å². The second-order valence-corrected chi connectivity index (χ2v) is 8.80. The van der Waals surface area contributed by atoms with Gasteiger partial charge in [-0.15, -0.1) is 0 Å². The highest BCUT2D eigenvalue weighted by molar-refractivity contribution is 5.28. The first-order valence-corrected chi connectivity index (χ1v) is 9.75. The SMILES string of the molecule is COc1ccc(CN2[C@]3(C)CCC[C@@]2(C)[C@H](F)[C@H](NC2CC2)C3)cc1. The van der Waals surface area contributed by atoms with Gasteiger partial charge < -0.3 is 10.1 Å². The maximum absolute atomic E-state index is 15.6. The lowest BCUT2D eigenvalue weighted by atomic mass is 9.66. The van der Waals surface area contributed by atoms with Crippen LogP contribution in [0.2, 0.25) is 0 Å². The summed E-state index contributed by atoms with van der Waals surface area (Å²) in [4.78, 5) is 2.47. The Morgan fingerprint density at radius 3 is 2.56 bits per heavy atom. The number of ether oxygens (including phenoxy) is 1. The molecule has 1 aromatic carbocycles. The zero-order valence-electron chi connectivity index (χ0n) is 15.7. The Hall–Kier alpha value is -1.13. The molecule has 1 saturated carbocycles. The molecular weight excluding hydrogens is 315 g/mol. The zero-order valence-corrected chi connectivity index (χ0v) is 15.7. The number of benzene rings is 1. The van der Waals surface area contributed by atoms with Crippen LogP contribution in [0.5, 0.6) is 5.75 Å². The summed E-state index contributed by atoms with van der Waals surface area (Å²) in [6, 6.07) is 8.81. The number of piperidine rings is 2. The summed E-state index contributed by atoms with van der Waals surface area (Å²) >= 11 is 0. The molecule has 25 heavy (non-hydrogen) atoms. The maximum Gasteiger partial charge on any atom is 0.133 e. The van der Waals surface area contributed by atoms with E-state index in [9.17, 15) is 0 Å². The van der Waals surface area contributed by atoms with E-state index in [0.717, 1.165) is 38.0 Å². The van der Waals surface area contributed by atoms with Gasteiger partial charge in [-0.25, -0.2) is 4.39 Å². The van der Waals surface area contributed by atoms with Gasteiger partial charge in [0.15, 0.2) is 0 Å². The first-order valence-electron chi connectivity index (χ1n) is 9.75. The van der Waals surface area contributed by atoms with E-state index < -0.39 is 6.17 Å². The third-order valence-corrected chi connectivity index (χ3v) is 6.80. The van der Waals surface area contributed by atoms with Crippen LogP contribution in [0.4, 0.5) is 4.39 Å². The van der Waals surface area contributed by atoms with Crippen molar-refractivity contribution in [2.75, 3.05) is 7.11 Å². The number of hydrogen-bond donors (Lipinski definition) is 1. The monoisotopic (exact) mass is 346 g/mol. The summed E-state index contributed by atoms with van der Waals surface area (Å²) in [5, 5.41) is 3.60. The number of rotatable bonds is 5. The van der Waals surface area contributed by atoms with Crippen molar-refractivity contribution in [2.45, 2.75) is 88.3 Å². The standard InChI is InChI=1S/C21H31FN2O/c1-20-11-4-12-21(2,19(22)18(13-20)23-16-7-8-16)24(20)14-15-5-9-17(25-3)10-6-15/h5-6,9-10,16,18-19,23H,4,7-8,11-14H2,1-3H3/t18-,19-,20-,21+/m1/s1. The fourth-order valence-electron chi connectivity index (χ4n) is 5.20. The number of nitrogens with zero attached hydrogens (tertiary/aromatic N) is 1. The quantitative estimate of drug-likeness (QED) is 0.870. The summed E-state index contributed by atoms with van der Waals surface area (Å²) in [6.45, 7) is 5.31. The highest BCUT2D eigenvalue weighted by atomic mass is 19.1. The third-order valence-electron chi connectivity index (χ3n) is 6.80. The molecule has 4 rings (SSSR count). The third kappa shape index (κ3) is 3.08. The second-order valence-electron chi connectivity index (χ2n) is 8.80. The number of fused-ring (bicyclic) bond motifs is 2. The maximum atomic E-state index is 15.6. The van der Waals surface area contributed by atoms with Crippen molar-refractivity contribution in [1.82, 2.24) is 10.2 Å². The van der Waals surface area contributed by atoms with Gasteiger partial charge in [0, 0.05) is 24.2 Å². The molecule has 138 valence electrons. The zero-order chi connectivity index (χ0) is 17.7. The van der Waals surface area contributed by atoms with Crippen molar-refractivity contribution in [3.63, 3.8) is 0 Å². The van der Waals surface area contributed by atoms with Gasteiger partial charge in [0.25, 0.3) is 0 Å². The molecule has 0 aromatic heterocycles. The van der Waals surface area contributed by atoms with E-state index in [1.54, 1.807) is 7.11 Å². The van der Waals surface area contributed by atoms with E-state index >= 15 is 4.39 Å². The highest BCUT2D eigenvalue weighted by Gasteiger charge is 2.58. The molecule has 0 amide bonds. The molecule has 3 fully saturated rings. The summed E-state index contributed by atoms with van der Waals surface area (Å²) in [6.07, 6.45) is 5.77. The largest absolute Gasteiger partial charge is 0.497 e. The van der Waals surface area contributed by atoms with Crippen LogP contribution in [0, 0.1) is 0 Å². The van der Waals surface area contributed by atoms with Gasteiger partial charge in [0.05, 0.1) is 12.6 Å². The topological polar surface area (TPSA) is 24.5 Å². The number of nitrogens with one attached hydrogen (secondary N) is 1. The minimum absolute atomic E-state index is 0.00918. The van der Waals surface area contributed by atoms with Crippen molar-refractivity contribution in [3.8, 4) is 5.75 Å². The predicted molar refractivity (Wildman–Crippen MR) is 98.7 cm³/mol. The molecule has 4 heteroatoms. The van der Waals surface area contributed by atoms with E-state index in [4.69, 9.17) is 4.74 Å². The second kappa shape index (κ2) is 6.24. The average Bonchev–Trinajstić information content (AvgIpc) is 3.41. The van der Waals surface area contributed by atoms with Gasteiger partial charge in [0.1, 0.15) is 11.9 Å². The summed E-state index contributed by atoms with van der Waals surface area (Å²) in [5.41, 5.74) is 0.931. The van der Waals surface area contributed by atoms with Gasteiger partial charge >= 0.3 is 0 Å². The molecule has 3 nitrogen and oxygen atoms in total. The predicted octanol–water partition coefficient (Wildman–Crippen LogP) is 4.06. The Balaban J connectivity index is 1.59. The fourth-order valence-corrected chi connectivity index (χ4v) is 5.20. The van der Waals surface area contributed by atoms with Crippen molar-refractivity contribution < 1.29 is 9.13 Å². The van der Waals surface area contributed by atoms with Crippen LogP contribution >= 0.6 is 0 Å². The molecule has 2 heterocycles. The van der Waals surface area contributed by atoms with Crippen LogP contribution in [-0.2, 0) is 6.54 Å². The molecule has 1 aliphatic carbocycles. The lowest BCUT2D eigenvalue weighted by Gasteiger charge is -2.62. The van der Waals surface area contributed by atoms with Gasteiger partial charge in [-0.2, -0.15) is 0 Å². The van der Waals surface area contributed by atoms with E-state index in [1.165, 1.54) is 18.4 Å². The van der Waals surface area contributed by atoms with Crippen LogP contribution in [0.15, 0.2) is 24.3 Å². The highest BCUT2D eigenvalue weighted by Crippen LogP contribution is 2.50. The van der Waals surface area contributed by atoms with E-state index in [-0.39, 0.29) is 17.1 Å². The van der Waals surface area contributed by atoms with Crippen LogP contribution in [0.1, 0.15) is 57.9 Å². The van der Waals surface area contributed by atoms with Crippen LogP contribution < -0.4 is 10.1 Å². The smallest absolute Gasteiger partial charge is 0.133 e. The molecule has 0 spiro atoms. The van der Waals surface area contributed by atoms with Crippen molar-refractivity contribution >= 4 is 0 Å². The van der Waals surface area contributed by atoms with Gasteiger partial charge in [0.2, 0.25) is 0 Å². The molecular formula is C21H31FN2O. The first-order chi connectivity index (χ1) is 11.9. The summed E-state index contributed by atoms with van der Waals surface area (Å²) < 4.78 is 20.9. The number of hydrogen-bond acceptors (Lipinski definition) is 3. The van der Waals surface area contributed by atoms with E-state index in [0.29, 0.717) is 6.04 Å². The first kappa shape index (κ1) is 17.3. The molecule has 4 atom stereocenters. The lowest BCUT2D eigenvalue weighted by Crippen LogP contribution is -2.73. The Morgan fingerprint density at radius 2 is 1.92 bits per heavy atom. The Morgan fingerprint density at radius 1 is 1.20 bits per heavy atom. The number of methoxy groups -OCH3 is 1.